The fourth-order valence-corrected chi connectivity index (χ4v) is 3.32. The van der Waals surface area contributed by atoms with Crippen LogP contribution in [0, 0.1) is 0 Å². The minimum absolute atomic E-state index is 0.00535. The van der Waals surface area contributed by atoms with E-state index in [0.717, 1.165) is 37.7 Å². The van der Waals surface area contributed by atoms with E-state index in [0.29, 0.717) is 19.0 Å². The molecular weight excluding hydrogens is 290 g/mol. The molecule has 1 saturated heterocycles. The van der Waals surface area contributed by atoms with Gasteiger partial charge in [0, 0.05) is 31.4 Å². The van der Waals surface area contributed by atoms with Crippen LogP contribution >= 0.6 is 0 Å². The van der Waals surface area contributed by atoms with Crippen molar-refractivity contribution in [3.8, 4) is 0 Å². The maximum atomic E-state index is 12.9. The van der Waals surface area contributed by atoms with E-state index in [1.54, 1.807) is 11.1 Å². The molecule has 1 saturated carbocycles. The average molecular weight is 315 g/mol. The molecule has 5 heteroatoms. The number of rotatable bonds is 5. The van der Waals surface area contributed by atoms with Crippen LogP contribution in [0.3, 0.4) is 0 Å². The summed E-state index contributed by atoms with van der Waals surface area (Å²) in [5.74, 6) is 0.194. The van der Waals surface area contributed by atoms with Gasteiger partial charge in [0.1, 0.15) is 0 Å². The molecule has 0 spiro atoms. The van der Waals surface area contributed by atoms with E-state index in [1.165, 1.54) is 0 Å². The molecule has 2 aliphatic rings. The Morgan fingerprint density at radius 3 is 2.91 bits per heavy atom. The van der Waals surface area contributed by atoms with Gasteiger partial charge in [-0.2, -0.15) is 0 Å². The second kappa shape index (κ2) is 7.11. The van der Waals surface area contributed by atoms with Crippen molar-refractivity contribution in [3.05, 3.63) is 30.1 Å². The van der Waals surface area contributed by atoms with Crippen molar-refractivity contribution in [3.63, 3.8) is 0 Å². The van der Waals surface area contributed by atoms with Crippen LogP contribution in [0.15, 0.2) is 24.5 Å². The summed E-state index contributed by atoms with van der Waals surface area (Å²) in [5.41, 5.74) is 1.05. The van der Waals surface area contributed by atoms with Crippen LogP contribution in [-0.4, -0.2) is 45.7 Å². The van der Waals surface area contributed by atoms with Crippen molar-refractivity contribution in [2.45, 2.75) is 57.5 Å². The van der Waals surface area contributed by atoms with E-state index < -0.39 is 0 Å². The minimum Gasteiger partial charge on any atom is -0.333 e. The summed E-state index contributed by atoms with van der Waals surface area (Å²) in [5, 5.41) is 0. The molecule has 0 aromatic carbocycles. The van der Waals surface area contributed by atoms with Gasteiger partial charge in [-0.15, -0.1) is 0 Å². The topological polar surface area (TPSA) is 53.5 Å². The molecule has 0 N–H and O–H groups in total. The first-order valence-corrected chi connectivity index (χ1v) is 8.65. The summed E-state index contributed by atoms with van der Waals surface area (Å²) in [7, 11) is 0. The number of carbonyl (C=O) groups is 2. The first kappa shape index (κ1) is 16.0. The molecule has 2 fully saturated rings. The number of carbonyl (C=O) groups excluding carboxylic acids is 2. The van der Waals surface area contributed by atoms with E-state index in [4.69, 9.17) is 0 Å². The Bertz CT molecular complexity index is 557. The predicted molar refractivity (Wildman–Crippen MR) is 87.6 cm³/mol. The van der Waals surface area contributed by atoms with Gasteiger partial charge in [0.15, 0.2) is 0 Å². The smallest absolute Gasteiger partial charge is 0.242 e. The number of nitrogens with zero attached hydrogens (tertiary/aromatic N) is 3. The Hall–Kier alpha value is -1.91. The summed E-state index contributed by atoms with van der Waals surface area (Å²) in [6.07, 6.45) is 9.29. The summed E-state index contributed by atoms with van der Waals surface area (Å²) >= 11 is 0. The van der Waals surface area contributed by atoms with Crippen molar-refractivity contribution in [2.24, 2.45) is 0 Å². The van der Waals surface area contributed by atoms with Gasteiger partial charge in [-0.25, -0.2) is 0 Å². The van der Waals surface area contributed by atoms with Gasteiger partial charge in [0.25, 0.3) is 0 Å². The molecule has 0 bridgehead atoms. The molecule has 3 rings (SSSR count). The van der Waals surface area contributed by atoms with Crippen LogP contribution in [0.4, 0.5) is 0 Å². The van der Waals surface area contributed by atoms with Gasteiger partial charge in [0.2, 0.25) is 11.8 Å². The largest absolute Gasteiger partial charge is 0.333 e. The molecule has 0 radical (unpaired) electrons. The van der Waals surface area contributed by atoms with Crippen molar-refractivity contribution >= 4 is 11.8 Å². The highest BCUT2D eigenvalue weighted by atomic mass is 16.2. The third-order valence-electron chi connectivity index (χ3n) is 4.81. The molecule has 1 aliphatic heterocycles. The number of aromatic nitrogens is 1. The summed E-state index contributed by atoms with van der Waals surface area (Å²) in [6.45, 7) is 2.99. The Morgan fingerprint density at radius 2 is 2.22 bits per heavy atom. The number of hydrogen-bond acceptors (Lipinski definition) is 3. The molecule has 2 amide bonds. The van der Waals surface area contributed by atoms with Gasteiger partial charge in [0.05, 0.1) is 12.6 Å². The molecule has 124 valence electrons. The van der Waals surface area contributed by atoms with Gasteiger partial charge in [-0.3, -0.25) is 14.6 Å². The Labute approximate surface area is 137 Å². The first-order chi connectivity index (χ1) is 11.2. The number of hydrogen-bond donors (Lipinski definition) is 0. The highest BCUT2D eigenvalue weighted by molar-refractivity contribution is 5.85. The monoisotopic (exact) mass is 315 g/mol. The van der Waals surface area contributed by atoms with Crippen molar-refractivity contribution < 1.29 is 9.59 Å². The van der Waals surface area contributed by atoms with Crippen LogP contribution < -0.4 is 0 Å². The lowest BCUT2D eigenvalue weighted by atomic mass is 10.1. The Morgan fingerprint density at radius 1 is 1.39 bits per heavy atom. The fraction of sp³-hybridized carbons (Fsp3) is 0.611. The second-order valence-corrected chi connectivity index (χ2v) is 6.62. The van der Waals surface area contributed by atoms with E-state index >= 15 is 0 Å². The van der Waals surface area contributed by atoms with Crippen LogP contribution in [0.25, 0.3) is 0 Å². The zero-order chi connectivity index (χ0) is 16.2. The van der Waals surface area contributed by atoms with Gasteiger partial charge >= 0.3 is 0 Å². The van der Waals surface area contributed by atoms with Crippen molar-refractivity contribution in [1.29, 1.82) is 0 Å². The number of likely N-dealkylation sites (tertiary alicyclic amines) is 1. The zero-order valence-electron chi connectivity index (χ0n) is 13.8. The zero-order valence-corrected chi connectivity index (χ0v) is 13.8. The molecule has 2 heterocycles. The van der Waals surface area contributed by atoms with Crippen molar-refractivity contribution in [1.82, 2.24) is 14.8 Å². The fourth-order valence-electron chi connectivity index (χ4n) is 3.32. The molecule has 1 aromatic rings. The standard InChI is InChI=1S/C18H25N3O2/c1-14(15-6-5-10-19-12-15)21(16-8-9-16)18(23)13-20-11-4-2-3-7-17(20)22/h5-6,10,12,14,16H,2-4,7-9,11,13H2,1H3/t14-/m1/s1. The molecule has 1 aromatic heterocycles. The van der Waals surface area contributed by atoms with E-state index in [9.17, 15) is 9.59 Å². The predicted octanol–water partition coefficient (Wildman–Crippen LogP) is 2.54. The third-order valence-corrected chi connectivity index (χ3v) is 4.81. The third kappa shape index (κ3) is 3.89. The number of amides is 2. The van der Waals surface area contributed by atoms with Crippen LogP contribution in [0.1, 0.15) is 57.1 Å². The average Bonchev–Trinajstić information content (AvgIpc) is 3.39. The highest BCUT2D eigenvalue weighted by Gasteiger charge is 2.37. The lowest BCUT2D eigenvalue weighted by molar-refractivity contribution is -0.142. The molecule has 1 aliphatic carbocycles. The molecule has 23 heavy (non-hydrogen) atoms. The minimum atomic E-state index is 0.00535. The number of pyridine rings is 1. The lowest BCUT2D eigenvalue weighted by Gasteiger charge is -2.32. The van der Waals surface area contributed by atoms with Gasteiger partial charge in [-0.05, 0) is 44.2 Å². The Kier molecular flexibility index (Phi) is 4.94. The normalized spacial score (nSPS) is 20.0. The molecular formula is C18H25N3O2. The second-order valence-electron chi connectivity index (χ2n) is 6.62. The Balaban J connectivity index is 1.70. The molecule has 0 unspecified atom stereocenters. The molecule has 1 atom stereocenters. The van der Waals surface area contributed by atoms with Crippen LogP contribution in [0.5, 0.6) is 0 Å². The first-order valence-electron chi connectivity index (χ1n) is 8.65. The van der Waals surface area contributed by atoms with Crippen LogP contribution in [0.2, 0.25) is 0 Å². The quantitative estimate of drug-likeness (QED) is 0.839. The summed E-state index contributed by atoms with van der Waals surface area (Å²) < 4.78 is 0. The maximum Gasteiger partial charge on any atom is 0.242 e. The van der Waals surface area contributed by atoms with E-state index in [2.05, 4.69) is 11.9 Å². The maximum absolute atomic E-state index is 12.9. The highest BCUT2D eigenvalue weighted by Crippen LogP contribution is 2.34. The SMILES string of the molecule is C[C@H](c1cccnc1)N(C(=O)CN1CCCCCC1=O)C1CC1. The van der Waals surface area contributed by atoms with E-state index in [-0.39, 0.29) is 24.4 Å². The van der Waals surface area contributed by atoms with Gasteiger partial charge < -0.3 is 9.80 Å². The van der Waals surface area contributed by atoms with Gasteiger partial charge in [-0.1, -0.05) is 12.5 Å². The summed E-state index contributed by atoms with van der Waals surface area (Å²) in [6, 6.07) is 4.24. The molecule has 5 nitrogen and oxygen atoms in total. The van der Waals surface area contributed by atoms with Crippen molar-refractivity contribution in [2.75, 3.05) is 13.1 Å². The lowest BCUT2D eigenvalue weighted by Crippen LogP contribution is -2.44. The van der Waals surface area contributed by atoms with E-state index in [1.807, 2.05) is 23.2 Å². The van der Waals surface area contributed by atoms with Crippen LogP contribution in [-0.2, 0) is 9.59 Å². The summed E-state index contributed by atoms with van der Waals surface area (Å²) in [4.78, 5) is 32.9.